The fourth-order valence-electron chi connectivity index (χ4n) is 1.79. The van der Waals surface area contributed by atoms with Gasteiger partial charge in [-0.1, -0.05) is 30.3 Å². The standard InChI is InChI=1S/C14H16N2OS/c1-3-16(9-12-7-5-4-6-8-12)14(17)13-11(2)18-10-15-13/h4-8,10H,3,9H2,1-2H3. The second kappa shape index (κ2) is 5.78. The predicted molar refractivity (Wildman–Crippen MR) is 73.7 cm³/mol. The highest BCUT2D eigenvalue weighted by Crippen LogP contribution is 2.15. The summed E-state index contributed by atoms with van der Waals surface area (Å²) in [5, 5.41) is 0. The number of benzene rings is 1. The van der Waals surface area contributed by atoms with Crippen LogP contribution in [0.15, 0.2) is 35.8 Å². The van der Waals surface area contributed by atoms with Gasteiger partial charge in [0.15, 0.2) is 0 Å². The van der Waals surface area contributed by atoms with E-state index in [1.807, 2.05) is 49.1 Å². The van der Waals surface area contributed by atoms with Crippen LogP contribution in [0.1, 0.15) is 27.9 Å². The van der Waals surface area contributed by atoms with Crippen LogP contribution in [0, 0.1) is 6.92 Å². The number of hydrogen-bond donors (Lipinski definition) is 0. The second-order valence-corrected chi connectivity index (χ2v) is 5.12. The molecule has 0 bridgehead atoms. The third-order valence-electron chi connectivity index (χ3n) is 2.83. The Balaban J connectivity index is 2.15. The topological polar surface area (TPSA) is 33.2 Å². The molecule has 3 nitrogen and oxygen atoms in total. The molecule has 1 heterocycles. The highest BCUT2D eigenvalue weighted by Gasteiger charge is 2.18. The molecule has 0 radical (unpaired) electrons. The van der Waals surface area contributed by atoms with Gasteiger partial charge >= 0.3 is 0 Å². The molecule has 0 unspecified atom stereocenters. The molecule has 0 aliphatic carbocycles. The SMILES string of the molecule is CCN(Cc1ccccc1)C(=O)c1ncsc1C. The third-order valence-corrected chi connectivity index (χ3v) is 3.59. The van der Waals surface area contributed by atoms with Gasteiger partial charge in [-0.3, -0.25) is 4.79 Å². The van der Waals surface area contributed by atoms with E-state index in [-0.39, 0.29) is 5.91 Å². The van der Waals surface area contributed by atoms with Gasteiger partial charge in [-0.05, 0) is 19.4 Å². The number of carbonyl (C=O) groups excluding carboxylic acids is 1. The molecular formula is C14H16N2OS. The Bertz CT molecular complexity index is 522. The van der Waals surface area contributed by atoms with E-state index in [1.54, 1.807) is 5.51 Å². The lowest BCUT2D eigenvalue weighted by Crippen LogP contribution is -2.30. The number of aromatic nitrogens is 1. The average molecular weight is 260 g/mol. The van der Waals surface area contributed by atoms with Gasteiger partial charge in [0, 0.05) is 18.0 Å². The van der Waals surface area contributed by atoms with E-state index in [0.717, 1.165) is 10.4 Å². The zero-order chi connectivity index (χ0) is 13.0. The smallest absolute Gasteiger partial charge is 0.273 e. The van der Waals surface area contributed by atoms with Crippen LogP contribution < -0.4 is 0 Å². The van der Waals surface area contributed by atoms with E-state index in [0.29, 0.717) is 18.8 Å². The van der Waals surface area contributed by atoms with Crippen molar-refractivity contribution in [2.45, 2.75) is 20.4 Å². The quantitative estimate of drug-likeness (QED) is 0.846. The summed E-state index contributed by atoms with van der Waals surface area (Å²) in [6.07, 6.45) is 0. The van der Waals surface area contributed by atoms with Crippen molar-refractivity contribution in [1.29, 1.82) is 0 Å². The number of rotatable bonds is 4. The number of nitrogens with zero attached hydrogens (tertiary/aromatic N) is 2. The lowest BCUT2D eigenvalue weighted by molar-refractivity contribution is 0.0747. The molecule has 0 saturated heterocycles. The molecule has 2 aromatic rings. The Morgan fingerprint density at radius 2 is 2.06 bits per heavy atom. The van der Waals surface area contributed by atoms with Gasteiger partial charge in [-0.15, -0.1) is 11.3 Å². The molecule has 1 amide bonds. The Morgan fingerprint density at radius 3 is 2.61 bits per heavy atom. The summed E-state index contributed by atoms with van der Waals surface area (Å²) in [6, 6.07) is 10.0. The van der Waals surface area contributed by atoms with Crippen LogP contribution in [0.3, 0.4) is 0 Å². The van der Waals surface area contributed by atoms with Gasteiger partial charge in [0.1, 0.15) is 5.69 Å². The van der Waals surface area contributed by atoms with Crippen LogP contribution in [0.4, 0.5) is 0 Å². The second-order valence-electron chi connectivity index (χ2n) is 4.06. The number of carbonyl (C=O) groups is 1. The van der Waals surface area contributed by atoms with Crippen molar-refractivity contribution in [3.05, 3.63) is 52.0 Å². The van der Waals surface area contributed by atoms with Crippen LogP contribution >= 0.6 is 11.3 Å². The highest BCUT2D eigenvalue weighted by atomic mass is 32.1. The molecule has 1 aromatic carbocycles. The van der Waals surface area contributed by atoms with Crippen molar-refractivity contribution in [2.75, 3.05) is 6.54 Å². The molecule has 0 saturated carbocycles. The van der Waals surface area contributed by atoms with Crippen molar-refractivity contribution in [2.24, 2.45) is 0 Å². The van der Waals surface area contributed by atoms with E-state index in [2.05, 4.69) is 4.98 Å². The van der Waals surface area contributed by atoms with Gasteiger partial charge in [-0.2, -0.15) is 0 Å². The normalized spacial score (nSPS) is 10.3. The Morgan fingerprint density at radius 1 is 1.33 bits per heavy atom. The fraction of sp³-hybridized carbons (Fsp3) is 0.286. The minimum absolute atomic E-state index is 0.0140. The van der Waals surface area contributed by atoms with Crippen molar-refractivity contribution in [3.8, 4) is 0 Å². The molecule has 2 rings (SSSR count). The molecule has 18 heavy (non-hydrogen) atoms. The lowest BCUT2D eigenvalue weighted by atomic mass is 10.2. The average Bonchev–Trinajstić information content (AvgIpc) is 2.82. The minimum atomic E-state index is 0.0140. The van der Waals surface area contributed by atoms with Crippen molar-refractivity contribution >= 4 is 17.2 Å². The van der Waals surface area contributed by atoms with Crippen LogP contribution in [-0.4, -0.2) is 22.3 Å². The Hall–Kier alpha value is -1.68. The molecule has 0 aliphatic rings. The first kappa shape index (κ1) is 12.8. The number of amides is 1. The molecular weight excluding hydrogens is 244 g/mol. The molecule has 94 valence electrons. The van der Waals surface area contributed by atoms with Gasteiger partial charge in [0.25, 0.3) is 5.91 Å². The summed E-state index contributed by atoms with van der Waals surface area (Å²) in [5.41, 5.74) is 3.44. The monoisotopic (exact) mass is 260 g/mol. The first-order valence-electron chi connectivity index (χ1n) is 5.95. The maximum absolute atomic E-state index is 12.3. The summed E-state index contributed by atoms with van der Waals surface area (Å²) >= 11 is 1.51. The van der Waals surface area contributed by atoms with Crippen LogP contribution in [0.25, 0.3) is 0 Å². The maximum atomic E-state index is 12.3. The first-order chi connectivity index (χ1) is 8.72. The van der Waals surface area contributed by atoms with Crippen LogP contribution in [-0.2, 0) is 6.54 Å². The summed E-state index contributed by atoms with van der Waals surface area (Å²) < 4.78 is 0. The molecule has 1 aromatic heterocycles. The molecule has 0 aliphatic heterocycles. The lowest BCUT2D eigenvalue weighted by Gasteiger charge is -2.20. The first-order valence-corrected chi connectivity index (χ1v) is 6.83. The zero-order valence-electron chi connectivity index (χ0n) is 10.6. The van der Waals surface area contributed by atoms with Crippen LogP contribution in [0.2, 0.25) is 0 Å². The van der Waals surface area contributed by atoms with Gasteiger partial charge in [0.2, 0.25) is 0 Å². The van der Waals surface area contributed by atoms with Crippen LogP contribution in [0.5, 0.6) is 0 Å². The summed E-state index contributed by atoms with van der Waals surface area (Å²) in [4.78, 5) is 19.3. The largest absolute Gasteiger partial charge is 0.333 e. The van der Waals surface area contributed by atoms with E-state index in [1.165, 1.54) is 11.3 Å². The van der Waals surface area contributed by atoms with E-state index in [4.69, 9.17) is 0 Å². The van der Waals surface area contributed by atoms with E-state index < -0.39 is 0 Å². The van der Waals surface area contributed by atoms with Gasteiger partial charge in [0.05, 0.1) is 5.51 Å². The van der Waals surface area contributed by atoms with E-state index in [9.17, 15) is 4.79 Å². The van der Waals surface area contributed by atoms with E-state index >= 15 is 0 Å². The zero-order valence-corrected chi connectivity index (χ0v) is 11.4. The summed E-state index contributed by atoms with van der Waals surface area (Å²) in [7, 11) is 0. The highest BCUT2D eigenvalue weighted by molar-refractivity contribution is 7.09. The number of thiazole rings is 1. The Kier molecular flexibility index (Phi) is 4.10. The predicted octanol–water partition coefficient (Wildman–Crippen LogP) is 3.11. The number of hydrogen-bond acceptors (Lipinski definition) is 3. The molecule has 4 heteroatoms. The van der Waals surface area contributed by atoms with Gasteiger partial charge in [-0.25, -0.2) is 4.98 Å². The maximum Gasteiger partial charge on any atom is 0.273 e. The minimum Gasteiger partial charge on any atom is -0.333 e. The molecule has 0 N–H and O–H groups in total. The Labute approximate surface area is 111 Å². The third kappa shape index (κ3) is 2.76. The fourth-order valence-corrected chi connectivity index (χ4v) is 2.36. The van der Waals surface area contributed by atoms with Crippen molar-refractivity contribution < 1.29 is 4.79 Å². The van der Waals surface area contributed by atoms with Crippen molar-refractivity contribution in [3.63, 3.8) is 0 Å². The number of aryl methyl sites for hydroxylation is 1. The summed E-state index contributed by atoms with van der Waals surface area (Å²) in [5.74, 6) is 0.0140. The molecule has 0 fully saturated rings. The molecule has 0 spiro atoms. The van der Waals surface area contributed by atoms with Crippen molar-refractivity contribution in [1.82, 2.24) is 9.88 Å². The molecule has 0 atom stereocenters. The van der Waals surface area contributed by atoms with Gasteiger partial charge < -0.3 is 4.90 Å². The summed E-state index contributed by atoms with van der Waals surface area (Å²) in [6.45, 7) is 5.24.